The minimum atomic E-state index is 1.28. The zero-order chi connectivity index (χ0) is 11.6. The van der Waals surface area contributed by atoms with Crippen LogP contribution in [0.3, 0.4) is 0 Å². The molecule has 4 heteroatoms. The molecule has 0 spiro atoms. The molecule has 0 saturated heterocycles. The number of thiol groups is 1. The van der Waals surface area contributed by atoms with E-state index in [1.165, 1.54) is 26.5 Å². The summed E-state index contributed by atoms with van der Waals surface area (Å²) in [5, 5.41) is 0. The summed E-state index contributed by atoms with van der Waals surface area (Å²) >= 11 is 1.28. The molecular formula is C12H11N3S. The van der Waals surface area contributed by atoms with Gasteiger partial charge in [0, 0.05) is 11.8 Å². The summed E-state index contributed by atoms with van der Waals surface area (Å²) in [6.07, 6.45) is 0. The van der Waals surface area contributed by atoms with Gasteiger partial charge in [-0.15, -0.1) is 0 Å². The fourth-order valence-electron chi connectivity index (χ4n) is 1.15. The van der Waals surface area contributed by atoms with Crippen molar-refractivity contribution in [1.82, 2.24) is 0 Å². The topological polar surface area (TPSA) is 58.7 Å². The standard InChI is InChI=1S/C12H10S.N3/c1-3-7-11(8-4-1)13-12-9-5-2-6-10-12;1-3-2/h1-10H;/q;-1/p+1. The molecular weight excluding hydrogens is 218 g/mol. The van der Waals surface area contributed by atoms with Crippen LogP contribution in [-0.2, 0) is 11.8 Å². The number of hydrogen-bond acceptors (Lipinski definition) is 0. The van der Waals surface area contributed by atoms with Crippen molar-refractivity contribution in [2.24, 2.45) is 0 Å². The first-order valence-electron chi connectivity index (χ1n) is 4.67. The maximum absolute atomic E-state index is 6.75. The van der Waals surface area contributed by atoms with Crippen LogP contribution in [0.15, 0.2) is 70.5 Å². The van der Waals surface area contributed by atoms with Crippen LogP contribution in [0.2, 0.25) is 0 Å². The Morgan fingerprint density at radius 3 is 1.31 bits per heavy atom. The Morgan fingerprint density at radius 2 is 1.00 bits per heavy atom. The highest BCUT2D eigenvalue weighted by molar-refractivity contribution is 7.78. The van der Waals surface area contributed by atoms with Crippen molar-refractivity contribution in [3.63, 3.8) is 0 Å². The van der Waals surface area contributed by atoms with Crippen molar-refractivity contribution in [2.75, 3.05) is 0 Å². The van der Waals surface area contributed by atoms with Crippen molar-refractivity contribution in [3.8, 4) is 0 Å². The lowest BCUT2D eigenvalue weighted by molar-refractivity contribution is 1.40. The van der Waals surface area contributed by atoms with Gasteiger partial charge in [0.05, 0.1) is 0 Å². The predicted molar refractivity (Wildman–Crippen MR) is 68.3 cm³/mol. The maximum Gasteiger partial charge on any atom is 0.158 e. The molecule has 0 amide bonds. The molecule has 0 heterocycles. The third-order valence-electron chi connectivity index (χ3n) is 1.77. The van der Waals surface area contributed by atoms with E-state index in [0.717, 1.165) is 0 Å². The molecule has 0 unspecified atom stereocenters. The van der Waals surface area contributed by atoms with E-state index in [1.807, 2.05) is 12.1 Å². The summed E-state index contributed by atoms with van der Waals surface area (Å²) in [6.45, 7) is 0. The van der Waals surface area contributed by atoms with Crippen LogP contribution in [0.25, 0.3) is 16.0 Å². The quantitative estimate of drug-likeness (QED) is 0.247. The average molecular weight is 229 g/mol. The second-order valence-electron chi connectivity index (χ2n) is 2.87. The minimum Gasteiger partial charge on any atom is -0.373 e. The van der Waals surface area contributed by atoms with Gasteiger partial charge in [-0.3, -0.25) is 4.91 Å². The molecule has 0 aromatic heterocycles. The molecule has 0 aliphatic heterocycles. The van der Waals surface area contributed by atoms with Gasteiger partial charge in [-0.1, -0.05) is 36.4 Å². The van der Waals surface area contributed by atoms with Crippen molar-refractivity contribution < 1.29 is 0 Å². The molecule has 0 saturated carbocycles. The molecule has 0 N–H and O–H groups in total. The Morgan fingerprint density at radius 1 is 0.688 bits per heavy atom. The minimum absolute atomic E-state index is 1.28. The molecule has 2 aromatic rings. The van der Waals surface area contributed by atoms with E-state index in [9.17, 15) is 0 Å². The zero-order valence-electron chi connectivity index (χ0n) is 8.56. The number of nitrogens with zero attached hydrogens (tertiary/aromatic N) is 3. The Balaban J connectivity index is 0.000000386. The molecule has 2 aromatic carbocycles. The van der Waals surface area contributed by atoms with Crippen LogP contribution in [0.4, 0.5) is 0 Å². The summed E-state index contributed by atoms with van der Waals surface area (Å²) in [6, 6.07) is 21.0. The first-order valence-corrected chi connectivity index (χ1v) is 5.56. The van der Waals surface area contributed by atoms with Gasteiger partial charge in [0.15, 0.2) is 9.79 Å². The van der Waals surface area contributed by atoms with Gasteiger partial charge in [0.1, 0.15) is 0 Å². The molecule has 0 aliphatic rings. The van der Waals surface area contributed by atoms with E-state index in [0.29, 0.717) is 0 Å². The highest BCUT2D eigenvalue weighted by atomic mass is 32.2. The zero-order valence-corrected chi connectivity index (χ0v) is 9.46. The Kier molecular flexibility index (Phi) is 5.63. The van der Waals surface area contributed by atoms with E-state index in [4.69, 9.17) is 11.1 Å². The van der Waals surface area contributed by atoms with E-state index in [-0.39, 0.29) is 0 Å². The summed E-state index contributed by atoms with van der Waals surface area (Å²) in [7, 11) is 0. The van der Waals surface area contributed by atoms with Crippen molar-refractivity contribution >= 4 is 11.8 Å². The third-order valence-corrected chi connectivity index (χ3v) is 2.88. The van der Waals surface area contributed by atoms with Crippen molar-refractivity contribution in [1.29, 1.82) is 0 Å². The highest BCUT2D eigenvalue weighted by Crippen LogP contribution is 2.10. The summed E-state index contributed by atoms with van der Waals surface area (Å²) in [4.78, 5) is 4.18. The van der Waals surface area contributed by atoms with Crippen LogP contribution < -0.4 is 0 Å². The summed E-state index contributed by atoms with van der Waals surface area (Å²) < 4.78 is 0. The highest BCUT2D eigenvalue weighted by Gasteiger charge is 2.03. The van der Waals surface area contributed by atoms with Crippen LogP contribution in [0, 0.1) is 0 Å². The molecule has 3 nitrogen and oxygen atoms in total. The lowest BCUT2D eigenvalue weighted by atomic mass is 10.4. The maximum atomic E-state index is 6.75. The molecule has 0 atom stereocenters. The fraction of sp³-hybridized carbons (Fsp3) is 0. The molecule has 0 fully saturated rings. The molecule has 0 radical (unpaired) electrons. The van der Waals surface area contributed by atoms with Crippen molar-refractivity contribution in [3.05, 3.63) is 76.6 Å². The lowest BCUT2D eigenvalue weighted by Crippen LogP contribution is -1.82. The van der Waals surface area contributed by atoms with E-state index >= 15 is 0 Å². The van der Waals surface area contributed by atoms with Gasteiger partial charge < -0.3 is 11.1 Å². The van der Waals surface area contributed by atoms with Crippen LogP contribution >= 0.6 is 0 Å². The van der Waals surface area contributed by atoms with Crippen LogP contribution in [0.5, 0.6) is 0 Å². The summed E-state index contributed by atoms with van der Waals surface area (Å²) in [5.74, 6) is 0. The Hall–Kier alpha value is -1.90. The lowest BCUT2D eigenvalue weighted by Gasteiger charge is -1.90. The number of hydrogen-bond donors (Lipinski definition) is 0. The first kappa shape index (κ1) is 12.2. The van der Waals surface area contributed by atoms with E-state index in [2.05, 4.69) is 48.5 Å². The summed E-state index contributed by atoms with van der Waals surface area (Å²) in [5.41, 5.74) is 13.5. The Bertz CT molecular complexity index is 399. The van der Waals surface area contributed by atoms with Gasteiger partial charge in [0.25, 0.3) is 0 Å². The van der Waals surface area contributed by atoms with Crippen molar-refractivity contribution in [2.45, 2.75) is 9.79 Å². The molecule has 2 rings (SSSR count). The number of rotatable bonds is 2. The second-order valence-corrected chi connectivity index (χ2v) is 4.13. The van der Waals surface area contributed by atoms with Gasteiger partial charge in [-0.2, -0.15) is 0 Å². The van der Waals surface area contributed by atoms with Crippen LogP contribution in [0.1, 0.15) is 0 Å². The molecule has 0 aliphatic carbocycles. The van der Waals surface area contributed by atoms with Gasteiger partial charge >= 0.3 is 0 Å². The third kappa shape index (κ3) is 4.55. The SMILES string of the molecule is [N-]=[N+]=[N-].c1ccc([SH+]c2ccccc2)cc1. The smallest absolute Gasteiger partial charge is 0.158 e. The number of benzene rings is 2. The van der Waals surface area contributed by atoms with Gasteiger partial charge in [0.2, 0.25) is 0 Å². The monoisotopic (exact) mass is 229 g/mol. The largest absolute Gasteiger partial charge is 0.373 e. The molecule has 0 bridgehead atoms. The first-order chi connectivity index (χ1) is 7.86. The molecule has 16 heavy (non-hydrogen) atoms. The fourth-order valence-corrected chi connectivity index (χ4v) is 2.09. The predicted octanol–water partition coefficient (Wildman–Crippen LogP) is 3.79. The normalized spacial score (nSPS) is 8.50. The average Bonchev–Trinajstić information content (AvgIpc) is 2.33. The van der Waals surface area contributed by atoms with Gasteiger partial charge in [-0.05, 0) is 24.3 Å². The van der Waals surface area contributed by atoms with Crippen LogP contribution in [-0.4, -0.2) is 0 Å². The van der Waals surface area contributed by atoms with E-state index < -0.39 is 0 Å². The molecule has 80 valence electrons. The second kappa shape index (κ2) is 7.40. The Labute approximate surface area is 98.5 Å². The van der Waals surface area contributed by atoms with Gasteiger partial charge in [-0.25, -0.2) is 0 Å². The van der Waals surface area contributed by atoms with E-state index in [1.54, 1.807) is 0 Å².